The van der Waals surface area contributed by atoms with Crippen molar-refractivity contribution >= 4 is 23.2 Å². The molecule has 120 valence electrons. The van der Waals surface area contributed by atoms with Crippen molar-refractivity contribution in [3.63, 3.8) is 0 Å². The summed E-state index contributed by atoms with van der Waals surface area (Å²) in [4.78, 5) is 26.5. The van der Waals surface area contributed by atoms with Gasteiger partial charge in [-0.05, 0) is 24.1 Å². The Kier molecular flexibility index (Phi) is 4.07. The highest BCUT2D eigenvalue weighted by atomic mass is 16.2. The van der Waals surface area contributed by atoms with Crippen molar-refractivity contribution < 1.29 is 9.59 Å². The maximum atomic E-state index is 12.6. The lowest BCUT2D eigenvalue weighted by Crippen LogP contribution is -2.38. The maximum Gasteiger partial charge on any atom is 0.232 e. The van der Waals surface area contributed by atoms with E-state index in [2.05, 4.69) is 5.32 Å². The van der Waals surface area contributed by atoms with Crippen LogP contribution >= 0.6 is 0 Å². The zero-order valence-electron chi connectivity index (χ0n) is 14.4. The topological polar surface area (TPSA) is 49.4 Å². The summed E-state index contributed by atoms with van der Waals surface area (Å²) < 4.78 is 0. The molecule has 0 saturated carbocycles. The molecule has 1 aromatic rings. The fourth-order valence-electron chi connectivity index (χ4n) is 2.39. The van der Waals surface area contributed by atoms with Gasteiger partial charge in [-0.2, -0.15) is 0 Å². The number of fused-ring (bicyclic) bond motifs is 1. The largest absolute Gasteiger partial charge is 0.326 e. The second-order valence-electron chi connectivity index (χ2n) is 8.00. The van der Waals surface area contributed by atoms with Gasteiger partial charge in [-0.1, -0.05) is 47.6 Å². The average molecular weight is 302 g/mol. The van der Waals surface area contributed by atoms with Crippen LogP contribution in [0.4, 0.5) is 11.4 Å². The Morgan fingerprint density at radius 3 is 2.23 bits per heavy atom. The van der Waals surface area contributed by atoms with Gasteiger partial charge in [-0.15, -0.1) is 0 Å². The van der Waals surface area contributed by atoms with Crippen molar-refractivity contribution in [2.24, 2.45) is 10.8 Å². The number of hydrogen-bond acceptors (Lipinski definition) is 2. The molecule has 4 heteroatoms. The quantitative estimate of drug-likeness (QED) is 0.861. The lowest BCUT2D eigenvalue weighted by atomic mass is 9.94. The molecule has 4 nitrogen and oxygen atoms in total. The summed E-state index contributed by atoms with van der Waals surface area (Å²) in [6.45, 7) is 12.1. The number of rotatable bonds is 1. The third-order valence-corrected chi connectivity index (χ3v) is 3.81. The molecule has 1 N–H and O–H groups in total. The average Bonchev–Trinajstić information content (AvgIpc) is 2.78. The van der Waals surface area contributed by atoms with Crippen molar-refractivity contribution in [3.05, 3.63) is 23.8 Å². The molecule has 0 bridgehead atoms. The molecular weight excluding hydrogens is 276 g/mol. The molecule has 0 spiro atoms. The highest BCUT2D eigenvalue weighted by Gasteiger charge is 2.32. The van der Waals surface area contributed by atoms with Crippen LogP contribution in [0.5, 0.6) is 0 Å². The number of nitrogens with zero attached hydrogens (tertiary/aromatic N) is 1. The predicted octanol–water partition coefficient (Wildman–Crippen LogP) is 3.61. The summed E-state index contributed by atoms with van der Waals surface area (Å²) in [5.74, 6) is 0.0877. The van der Waals surface area contributed by atoms with Gasteiger partial charge in [0.1, 0.15) is 0 Å². The summed E-state index contributed by atoms with van der Waals surface area (Å²) in [7, 11) is 0. The normalized spacial score (nSPS) is 14.7. The van der Waals surface area contributed by atoms with Crippen LogP contribution in [0, 0.1) is 10.8 Å². The first-order chi connectivity index (χ1) is 10.00. The van der Waals surface area contributed by atoms with Crippen molar-refractivity contribution in [1.29, 1.82) is 0 Å². The van der Waals surface area contributed by atoms with Crippen LogP contribution in [0.3, 0.4) is 0 Å². The third-order valence-electron chi connectivity index (χ3n) is 3.81. The lowest BCUT2D eigenvalue weighted by Gasteiger charge is -2.26. The fraction of sp³-hybridized carbons (Fsp3) is 0.556. The van der Waals surface area contributed by atoms with Gasteiger partial charge in [0, 0.05) is 28.7 Å². The van der Waals surface area contributed by atoms with Gasteiger partial charge in [0.05, 0.1) is 0 Å². The number of nitrogens with one attached hydrogen (secondary N) is 1. The monoisotopic (exact) mass is 302 g/mol. The molecule has 0 fully saturated rings. The summed E-state index contributed by atoms with van der Waals surface area (Å²) in [5, 5.41) is 2.93. The molecule has 0 aliphatic carbocycles. The van der Waals surface area contributed by atoms with Crippen molar-refractivity contribution in [2.75, 3.05) is 16.8 Å². The van der Waals surface area contributed by atoms with Crippen LogP contribution in [0.25, 0.3) is 0 Å². The fourth-order valence-corrected chi connectivity index (χ4v) is 2.39. The summed E-state index contributed by atoms with van der Waals surface area (Å²) >= 11 is 0. The minimum Gasteiger partial charge on any atom is -0.326 e. The lowest BCUT2D eigenvalue weighted by molar-refractivity contribution is -0.125. The van der Waals surface area contributed by atoms with Crippen LogP contribution in [-0.4, -0.2) is 18.4 Å². The van der Waals surface area contributed by atoms with E-state index in [1.165, 1.54) is 0 Å². The second kappa shape index (κ2) is 5.41. The van der Waals surface area contributed by atoms with Gasteiger partial charge in [-0.25, -0.2) is 0 Å². The molecule has 0 aromatic heterocycles. The van der Waals surface area contributed by atoms with E-state index in [-0.39, 0.29) is 11.8 Å². The molecule has 1 aliphatic rings. The molecule has 0 saturated heterocycles. The van der Waals surface area contributed by atoms with E-state index in [1.54, 1.807) is 0 Å². The minimum atomic E-state index is -0.445. The van der Waals surface area contributed by atoms with E-state index in [4.69, 9.17) is 0 Å². The molecule has 0 unspecified atom stereocenters. The number of carbonyl (C=O) groups is 2. The SMILES string of the molecule is CC(C)(C)C(=O)Nc1ccc2c(c1)N(C(=O)C(C)(C)C)CC2. The molecule has 2 rings (SSSR count). The Balaban J connectivity index is 2.27. The first-order valence-corrected chi connectivity index (χ1v) is 7.76. The summed E-state index contributed by atoms with van der Waals surface area (Å²) in [6, 6.07) is 5.83. The first-order valence-electron chi connectivity index (χ1n) is 7.76. The molecular formula is C18H26N2O2. The number of hydrogen-bond donors (Lipinski definition) is 1. The van der Waals surface area contributed by atoms with Crippen molar-refractivity contribution in [3.8, 4) is 0 Å². The zero-order chi connectivity index (χ0) is 16.7. The molecule has 0 atom stereocenters. The van der Waals surface area contributed by atoms with Gasteiger partial charge in [-0.3, -0.25) is 9.59 Å². The summed E-state index contributed by atoms with van der Waals surface area (Å²) in [5.41, 5.74) is 1.97. The molecule has 2 amide bonds. The predicted molar refractivity (Wildman–Crippen MR) is 90.0 cm³/mol. The van der Waals surface area contributed by atoms with Crippen LogP contribution in [0.2, 0.25) is 0 Å². The highest BCUT2D eigenvalue weighted by molar-refractivity contribution is 6.00. The molecule has 22 heavy (non-hydrogen) atoms. The van der Waals surface area contributed by atoms with E-state index in [0.29, 0.717) is 6.54 Å². The highest BCUT2D eigenvalue weighted by Crippen LogP contribution is 2.34. The van der Waals surface area contributed by atoms with Gasteiger partial charge in [0.25, 0.3) is 0 Å². The molecule has 1 heterocycles. The first kappa shape index (κ1) is 16.5. The van der Waals surface area contributed by atoms with Gasteiger partial charge in [0.15, 0.2) is 0 Å². The van der Waals surface area contributed by atoms with Crippen LogP contribution in [0.15, 0.2) is 18.2 Å². The Labute approximate surface area is 132 Å². The van der Waals surface area contributed by atoms with Crippen molar-refractivity contribution in [2.45, 2.75) is 48.0 Å². The Hall–Kier alpha value is -1.84. The Morgan fingerprint density at radius 2 is 1.68 bits per heavy atom. The minimum absolute atomic E-state index is 0.0286. The van der Waals surface area contributed by atoms with E-state index < -0.39 is 10.8 Å². The van der Waals surface area contributed by atoms with Gasteiger partial charge < -0.3 is 10.2 Å². The second-order valence-corrected chi connectivity index (χ2v) is 8.00. The smallest absolute Gasteiger partial charge is 0.232 e. The van der Waals surface area contributed by atoms with Crippen LogP contribution < -0.4 is 10.2 Å². The van der Waals surface area contributed by atoms with E-state index in [1.807, 2.05) is 64.6 Å². The Morgan fingerprint density at radius 1 is 1.05 bits per heavy atom. The number of amides is 2. The molecule has 1 aliphatic heterocycles. The summed E-state index contributed by atoms with van der Waals surface area (Å²) in [6.07, 6.45) is 0.866. The molecule has 0 radical (unpaired) electrons. The zero-order valence-corrected chi connectivity index (χ0v) is 14.4. The maximum absolute atomic E-state index is 12.6. The van der Waals surface area contributed by atoms with Gasteiger partial charge in [0.2, 0.25) is 11.8 Å². The van der Waals surface area contributed by atoms with Crippen LogP contribution in [-0.2, 0) is 16.0 Å². The van der Waals surface area contributed by atoms with Crippen LogP contribution in [0.1, 0.15) is 47.1 Å². The molecule has 1 aromatic carbocycles. The van der Waals surface area contributed by atoms with E-state index in [0.717, 1.165) is 23.4 Å². The number of benzene rings is 1. The number of anilines is 2. The third kappa shape index (κ3) is 3.32. The van der Waals surface area contributed by atoms with Crippen molar-refractivity contribution in [1.82, 2.24) is 0 Å². The Bertz CT molecular complexity index is 606. The van der Waals surface area contributed by atoms with E-state index >= 15 is 0 Å². The number of carbonyl (C=O) groups excluding carboxylic acids is 2. The standard InChI is InChI=1S/C18H26N2O2/c1-17(2,3)15(21)19-13-8-7-12-9-10-20(14(12)11-13)16(22)18(4,5)6/h7-8,11H,9-10H2,1-6H3,(H,19,21). The van der Waals surface area contributed by atoms with E-state index in [9.17, 15) is 9.59 Å². The van der Waals surface area contributed by atoms with Gasteiger partial charge >= 0.3 is 0 Å².